The van der Waals surface area contributed by atoms with Crippen LogP contribution in [0, 0.1) is 11.3 Å². The summed E-state index contributed by atoms with van der Waals surface area (Å²) in [5, 5.41) is 8.76. The number of nitrogens with zero attached hydrogens (tertiary/aromatic N) is 2. The van der Waals surface area contributed by atoms with Crippen LogP contribution in [-0.2, 0) is 9.53 Å². The number of benzene rings is 1. The van der Waals surface area contributed by atoms with Gasteiger partial charge >= 0.3 is 6.09 Å². The van der Waals surface area contributed by atoms with Crippen LogP contribution in [0.1, 0.15) is 45.6 Å². The Kier molecular flexibility index (Phi) is 8.48. The molecule has 0 aromatic heterocycles. The molecule has 0 spiro atoms. The number of hydrogen-bond donors (Lipinski definition) is 0. The summed E-state index contributed by atoms with van der Waals surface area (Å²) >= 11 is 0. The molecule has 0 fully saturated rings. The van der Waals surface area contributed by atoms with Crippen LogP contribution in [-0.4, -0.2) is 42.6 Å². The van der Waals surface area contributed by atoms with Gasteiger partial charge in [-0.1, -0.05) is 0 Å². The largest absolute Gasteiger partial charge is 0.494 e. The van der Waals surface area contributed by atoms with E-state index in [0.717, 1.165) is 6.29 Å². The van der Waals surface area contributed by atoms with Crippen LogP contribution in [0.15, 0.2) is 24.3 Å². The number of hydrogen-bond acceptors (Lipinski definition) is 5. The Hall–Kier alpha value is -2.55. The highest BCUT2D eigenvalue weighted by atomic mass is 16.6. The number of rotatable bonds is 9. The van der Waals surface area contributed by atoms with Gasteiger partial charge in [0.2, 0.25) is 0 Å². The molecule has 0 radical (unpaired) electrons. The minimum Gasteiger partial charge on any atom is -0.494 e. The van der Waals surface area contributed by atoms with Crippen LogP contribution in [0.2, 0.25) is 0 Å². The molecule has 0 N–H and O–H groups in total. The first-order valence-corrected chi connectivity index (χ1v) is 8.40. The normalized spacial score (nSPS) is 10.6. The predicted molar refractivity (Wildman–Crippen MR) is 94.4 cm³/mol. The molecule has 136 valence electrons. The Morgan fingerprint density at radius 1 is 1.20 bits per heavy atom. The van der Waals surface area contributed by atoms with Crippen LogP contribution in [0.3, 0.4) is 0 Å². The molecular formula is C19H26N2O4. The highest BCUT2D eigenvalue weighted by Crippen LogP contribution is 2.13. The fourth-order valence-electron chi connectivity index (χ4n) is 2.06. The lowest BCUT2D eigenvalue weighted by Gasteiger charge is -2.27. The number of carbonyl (C=O) groups is 2. The van der Waals surface area contributed by atoms with Crippen molar-refractivity contribution >= 4 is 12.4 Å². The fraction of sp³-hybridized carbons (Fsp3) is 0.526. The van der Waals surface area contributed by atoms with Gasteiger partial charge in [-0.2, -0.15) is 5.26 Å². The molecule has 1 amide bonds. The van der Waals surface area contributed by atoms with Crippen LogP contribution >= 0.6 is 0 Å². The van der Waals surface area contributed by atoms with Crippen LogP contribution in [0.25, 0.3) is 0 Å². The topological polar surface area (TPSA) is 79.6 Å². The van der Waals surface area contributed by atoms with Gasteiger partial charge in [0.25, 0.3) is 0 Å². The second kappa shape index (κ2) is 10.3. The number of amides is 1. The van der Waals surface area contributed by atoms with Crippen molar-refractivity contribution in [1.82, 2.24) is 4.90 Å². The molecule has 1 rings (SSSR count). The number of unbranched alkanes of at least 4 members (excludes halogenated alkanes) is 1. The fourth-order valence-corrected chi connectivity index (χ4v) is 2.06. The van der Waals surface area contributed by atoms with E-state index < -0.39 is 5.60 Å². The molecular weight excluding hydrogens is 320 g/mol. The average Bonchev–Trinajstić information content (AvgIpc) is 2.56. The van der Waals surface area contributed by atoms with E-state index in [0.29, 0.717) is 50.3 Å². The molecule has 0 aliphatic rings. The van der Waals surface area contributed by atoms with Crippen molar-refractivity contribution in [3.8, 4) is 11.8 Å². The zero-order valence-electron chi connectivity index (χ0n) is 15.2. The van der Waals surface area contributed by atoms with Gasteiger partial charge in [-0.15, -0.1) is 0 Å². The van der Waals surface area contributed by atoms with Crippen LogP contribution in [0.5, 0.6) is 5.75 Å². The number of ether oxygens (including phenoxy) is 2. The molecule has 0 unspecified atom stereocenters. The number of nitriles is 1. The maximum absolute atomic E-state index is 12.2. The van der Waals surface area contributed by atoms with Crippen LogP contribution < -0.4 is 4.74 Å². The Balaban J connectivity index is 2.46. The summed E-state index contributed by atoms with van der Waals surface area (Å²) in [6.45, 7) is 6.88. The van der Waals surface area contributed by atoms with Crippen molar-refractivity contribution in [2.24, 2.45) is 0 Å². The van der Waals surface area contributed by atoms with E-state index in [1.165, 1.54) is 0 Å². The highest BCUT2D eigenvalue weighted by molar-refractivity contribution is 5.68. The predicted octanol–water partition coefficient (Wildman–Crippen LogP) is 3.54. The third-order valence-corrected chi connectivity index (χ3v) is 3.23. The van der Waals surface area contributed by atoms with Crippen molar-refractivity contribution < 1.29 is 19.1 Å². The van der Waals surface area contributed by atoms with Crippen molar-refractivity contribution in [2.45, 2.75) is 45.6 Å². The Morgan fingerprint density at radius 3 is 2.40 bits per heavy atom. The Labute approximate surface area is 149 Å². The second-order valence-corrected chi connectivity index (χ2v) is 6.61. The molecule has 1 aromatic carbocycles. The maximum atomic E-state index is 12.2. The van der Waals surface area contributed by atoms with Gasteiger partial charge in [0, 0.05) is 19.5 Å². The Morgan fingerprint density at radius 2 is 1.84 bits per heavy atom. The van der Waals surface area contributed by atoms with E-state index in [1.807, 2.05) is 20.8 Å². The summed E-state index contributed by atoms with van der Waals surface area (Å²) in [5.74, 6) is 0.684. The summed E-state index contributed by atoms with van der Waals surface area (Å²) < 4.78 is 11.0. The summed E-state index contributed by atoms with van der Waals surface area (Å²) in [6.07, 6.45) is 2.14. The number of carbonyl (C=O) groups excluding carboxylic acids is 2. The molecule has 0 aliphatic carbocycles. The van der Waals surface area contributed by atoms with Gasteiger partial charge in [-0.25, -0.2) is 4.79 Å². The van der Waals surface area contributed by atoms with E-state index in [2.05, 4.69) is 6.07 Å². The molecule has 0 saturated carbocycles. The first-order chi connectivity index (χ1) is 11.9. The lowest BCUT2D eigenvalue weighted by molar-refractivity contribution is -0.108. The van der Waals surface area contributed by atoms with E-state index >= 15 is 0 Å². The minimum absolute atomic E-state index is 0.378. The van der Waals surface area contributed by atoms with Crippen molar-refractivity contribution in [3.63, 3.8) is 0 Å². The van der Waals surface area contributed by atoms with Crippen LogP contribution in [0.4, 0.5) is 4.79 Å². The molecule has 25 heavy (non-hydrogen) atoms. The molecule has 6 nitrogen and oxygen atoms in total. The lowest BCUT2D eigenvalue weighted by Crippen LogP contribution is -2.38. The molecule has 1 aromatic rings. The first-order valence-electron chi connectivity index (χ1n) is 8.40. The molecule has 0 saturated heterocycles. The van der Waals surface area contributed by atoms with E-state index in [4.69, 9.17) is 14.7 Å². The van der Waals surface area contributed by atoms with Gasteiger partial charge in [-0.05, 0) is 57.9 Å². The smallest absolute Gasteiger partial charge is 0.410 e. The SMILES string of the molecule is CC(C)(C)OC(=O)N(CCCC=O)CCCOc1ccc(C#N)cc1. The quantitative estimate of drug-likeness (QED) is 0.505. The summed E-state index contributed by atoms with van der Waals surface area (Å²) in [6, 6.07) is 8.93. The zero-order valence-corrected chi connectivity index (χ0v) is 15.2. The first kappa shape index (κ1) is 20.5. The molecule has 0 heterocycles. The molecule has 0 aliphatic heterocycles. The number of aldehydes is 1. The van der Waals surface area contributed by atoms with Gasteiger partial charge < -0.3 is 19.2 Å². The summed E-state index contributed by atoms with van der Waals surface area (Å²) in [5.41, 5.74) is 0.0255. The minimum atomic E-state index is -0.557. The maximum Gasteiger partial charge on any atom is 0.410 e. The molecule has 0 bridgehead atoms. The van der Waals surface area contributed by atoms with E-state index in [9.17, 15) is 9.59 Å². The average molecular weight is 346 g/mol. The molecule has 6 heteroatoms. The standard InChI is InChI=1S/C19H26N2O4/c1-19(2,3)25-18(23)21(11-4-5-13-22)12-6-14-24-17-9-7-16(15-20)8-10-17/h7-10,13H,4-6,11-12,14H2,1-3H3. The monoisotopic (exact) mass is 346 g/mol. The van der Waals surface area contributed by atoms with E-state index in [1.54, 1.807) is 29.2 Å². The van der Waals surface area contributed by atoms with Crippen molar-refractivity contribution in [2.75, 3.05) is 19.7 Å². The summed E-state index contributed by atoms with van der Waals surface area (Å²) in [4.78, 5) is 24.3. The van der Waals surface area contributed by atoms with E-state index in [-0.39, 0.29) is 6.09 Å². The zero-order chi connectivity index (χ0) is 18.7. The lowest BCUT2D eigenvalue weighted by atomic mass is 10.2. The van der Waals surface area contributed by atoms with Crippen molar-refractivity contribution in [3.05, 3.63) is 29.8 Å². The van der Waals surface area contributed by atoms with Gasteiger partial charge in [0.05, 0.1) is 18.2 Å². The second-order valence-electron chi connectivity index (χ2n) is 6.61. The Bertz CT molecular complexity index is 585. The molecule has 0 atom stereocenters. The van der Waals surface area contributed by atoms with Crippen molar-refractivity contribution in [1.29, 1.82) is 5.26 Å². The van der Waals surface area contributed by atoms with Gasteiger partial charge in [0.15, 0.2) is 0 Å². The van der Waals surface area contributed by atoms with Gasteiger partial charge in [0.1, 0.15) is 17.6 Å². The third kappa shape index (κ3) is 8.75. The third-order valence-electron chi connectivity index (χ3n) is 3.23. The highest BCUT2D eigenvalue weighted by Gasteiger charge is 2.21. The van der Waals surface area contributed by atoms with Gasteiger partial charge in [-0.3, -0.25) is 0 Å². The summed E-state index contributed by atoms with van der Waals surface area (Å²) in [7, 11) is 0.